The molecule has 0 unspecified atom stereocenters. The summed E-state index contributed by atoms with van der Waals surface area (Å²) in [6.45, 7) is 6.23. The van der Waals surface area contributed by atoms with E-state index in [2.05, 4.69) is 31.0 Å². The maximum atomic E-state index is 12.0. The third kappa shape index (κ3) is 2.24. The number of amides is 1. The first-order valence-electron chi connectivity index (χ1n) is 5.51. The van der Waals surface area contributed by atoms with Crippen LogP contribution >= 0.6 is 11.3 Å². The second-order valence-electron chi connectivity index (χ2n) is 5.31. The van der Waals surface area contributed by atoms with Crippen LogP contribution < -0.4 is 0 Å². The van der Waals surface area contributed by atoms with Gasteiger partial charge in [0.2, 0.25) is 5.01 Å². The molecule has 2 rings (SSSR count). The summed E-state index contributed by atoms with van der Waals surface area (Å²) in [7, 11) is 1.85. The molecule has 0 bridgehead atoms. The van der Waals surface area contributed by atoms with Gasteiger partial charge in [0.05, 0.1) is 0 Å². The summed E-state index contributed by atoms with van der Waals surface area (Å²) in [5.74, 6) is 0.00972. The monoisotopic (exact) mass is 239 g/mol. The van der Waals surface area contributed by atoms with Gasteiger partial charge in [-0.2, -0.15) is 0 Å². The maximum absolute atomic E-state index is 12.0. The van der Waals surface area contributed by atoms with E-state index in [9.17, 15) is 4.79 Å². The van der Waals surface area contributed by atoms with Crippen molar-refractivity contribution in [1.29, 1.82) is 0 Å². The Morgan fingerprint density at radius 2 is 2.00 bits per heavy atom. The number of carbonyl (C=O) groups excluding carboxylic acids is 1. The highest BCUT2D eigenvalue weighted by atomic mass is 32.1. The Bertz CT molecular complexity index is 404. The Morgan fingerprint density at radius 1 is 1.38 bits per heavy atom. The average Bonchev–Trinajstić information content (AvgIpc) is 2.91. The minimum Gasteiger partial charge on any atom is -0.337 e. The fourth-order valence-electron chi connectivity index (χ4n) is 1.39. The quantitative estimate of drug-likeness (QED) is 0.793. The molecule has 88 valence electrons. The normalized spacial score (nSPS) is 16.2. The number of hydrogen-bond acceptors (Lipinski definition) is 4. The van der Waals surface area contributed by atoms with Gasteiger partial charge in [-0.1, -0.05) is 32.1 Å². The van der Waals surface area contributed by atoms with Gasteiger partial charge in [-0.25, -0.2) is 0 Å². The highest BCUT2D eigenvalue weighted by Crippen LogP contribution is 2.29. The topological polar surface area (TPSA) is 46.1 Å². The van der Waals surface area contributed by atoms with Crippen molar-refractivity contribution in [2.24, 2.45) is 0 Å². The highest BCUT2D eigenvalue weighted by Gasteiger charge is 2.32. The summed E-state index contributed by atoms with van der Waals surface area (Å²) in [5, 5.41) is 9.51. The smallest absolute Gasteiger partial charge is 0.284 e. The molecule has 0 aromatic carbocycles. The lowest BCUT2D eigenvalue weighted by atomic mass is 9.98. The molecule has 1 aliphatic carbocycles. The van der Waals surface area contributed by atoms with Gasteiger partial charge >= 0.3 is 0 Å². The Balaban J connectivity index is 2.15. The highest BCUT2D eigenvalue weighted by molar-refractivity contribution is 7.13. The summed E-state index contributed by atoms with van der Waals surface area (Å²) in [5.41, 5.74) is -0.0334. The van der Waals surface area contributed by atoms with Crippen molar-refractivity contribution in [1.82, 2.24) is 15.1 Å². The van der Waals surface area contributed by atoms with Crippen LogP contribution in [0.25, 0.3) is 0 Å². The van der Waals surface area contributed by atoms with Crippen molar-refractivity contribution in [2.45, 2.75) is 45.1 Å². The zero-order valence-corrected chi connectivity index (χ0v) is 11.0. The molecule has 1 aromatic rings. The second kappa shape index (κ2) is 3.80. The van der Waals surface area contributed by atoms with E-state index in [-0.39, 0.29) is 11.3 Å². The van der Waals surface area contributed by atoms with Crippen LogP contribution in [-0.4, -0.2) is 34.1 Å². The molecule has 0 saturated heterocycles. The molecule has 4 nitrogen and oxygen atoms in total. The van der Waals surface area contributed by atoms with E-state index in [1.165, 1.54) is 11.3 Å². The first-order chi connectivity index (χ1) is 7.39. The maximum Gasteiger partial charge on any atom is 0.284 e. The molecule has 5 heteroatoms. The number of hydrogen-bond donors (Lipinski definition) is 0. The van der Waals surface area contributed by atoms with Gasteiger partial charge in [-0.05, 0) is 12.8 Å². The third-order valence-electron chi connectivity index (χ3n) is 2.66. The van der Waals surface area contributed by atoms with E-state index in [1.807, 2.05) is 7.05 Å². The molecular weight excluding hydrogens is 222 g/mol. The fraction of sp³-hybridized carbons (Fsp3) is 0.727. The molecule has 0 aliphatic heterocycles. The summed E-state index contributed by atoms with van der Waals surface area (Å²) >= 11 is 1.41. The van der Waals surface area contributed by atoms with Gasteiger partial charge in [-0.15, -0.1) is 10.2 Å². The Morgan fingerprint density at radius 3 is 2.44 bits per heavy atom. The van der Waals surface area contributed by atoms with Gasteiger partial charge in [0, 0.05) is 18.5 Å². The Labute approximate surface area is 99.7 Å². The van der Waals surface area contributed by atoms with Gasteiger partial charge in [0.15, 0.2) is 0 Å². The van der Waals surface area contributed by atoms with Crippen LogP contribution in [0.4, 0.5) is 0 Å². The molecule has 1 heterocycles. The van der Waals surface area contributed by atoms with Gasteiger partial charge in [0.1, 0.15) is 5.01 Å². The van der Waals surface area contributed by atoms with Crippen LogP contribution in [0.1, 0.15) is 48.4 Å². The standard InChI is InChI=1S/C11H17N3OS/c1-11(2,3)10-13-12-8(16-10)9(15)14(4)7-5-6-7/h7H,5-6H2,1-4H3. The molecule has 0 atom stereocenters. The van der Waals surface area contributed by atoms with Crippen molar-refractivity contribution >= 4 is 17.2 Å². The minimum absolute atomic E-state index is 0.00972. The van der Waals surface area contributed by atoms with Gasteiger partial charge < -0.3 is 4.90 Å². The zero-order valence-electron chi connectivity index (χ0n) is 10.1. The van der Waals surface area contributed by atoms with Crippen LogP contribution in [0, 0.1) is 0 Å². The summed E-state index contributed by atoms with van der Waals surface area (Å²) < 4.78 is 0. The molecule has 16 heavy (non-hydrogen) atoms. The van der Waals surface area contributed by atoms with E-state index in [4.69, 9.17) is 0 Å². The molecule has 1 fully saturated rings. The first-order valence-corrected chi connectivity index (χ1v) is 6.32. The minimum atomic E-state index is -0.0334. The molecule has 1 amide bonds. The van der Waals surface area contributed by atoms with Crippen LogP contribution in [0.3, 0.4) is 0 Å². The predicted octanol–water partition coefficient (Wildman–Crippen LogP) is 2.07. The predicted molar refractivity (Wildman–Crippen MR) is 63.7 cm³/mol. The Kier molecular flexibility index (Phi) is 2.74. The SMILES string of the molecule is CN(C(=O)c1nnc(C(C)(C)C)s1)C1CC1. The molecule has 1 aliphatic rings. The average molecular weight is 239 g/mol. The molecule has 0 radical (unpaired) electrons. The first kappa shape index (κ1) is 11.5. The molecule has 0 spiro atoms. The second-order valence-corrected chi connectivity index (χ2v) is 6.29. The van der Waals surface area contributed by atoms with Crippen LogP contribution in [0.15, 0.2) is 0 Å². The summed E-state index contributed by atoms with van der Waals surface area (Å²) in [4.78, 5) is 13.8. The zero-order chi connectivity index (χ0) is 11.9. The van der Waals surface area contributed by atoms with Gasteiger partial charge in [0.25, 0.3) is 5.91 Å². The van der Waals surface area contributed by atoms with Crippen molar-refractivity contribution in [2.75, 3.05) is 7.05 Å². The summed E-state index contributed by atoms with van der Waals surface area (Å²) in [6, 6.07) is 0.425. The summed E-state index contributed by atoms with van der Waals surface area (Å²) in [6.07, 6.45) is 2.24. The van der Waals surface area contributed by atoms with Crippen LogP contribution in [0.5, 0.6) is 0 Å². The van der Waals surface area contributed by atoms with Gasteiger partial charge in [-0.3, -0.25) is 4.79 Å². The number of carbonyl (C=O) groups is 1. The fourth-order valence-corrected chi connectivity index (χ4v) is 2.28. The number of rotatable bonds is 2. The van der Waals surface area contributed by atoms with E-state index < -0.39 is 0 Å². The van der Waals surface area contributed by atoms with Crippen molar-refractivity contribution < 1.29 is 4.79 Å². The molecule has 1 aromatic heterocycles. The lowest BCUT2D eigenvalue weighted by Gasteiger charge is -2.14. The van der Waals surface area contributed by atoms with E-state index in [1.54, 1.807) is 4.90 Å². The Hall–Kier alpha value is -0.970. The number of nitrogens with zero attached hydrogens (tertiary/aromatic N) is 3. The van der Waals surface area contributed by atoms with Crippen LogP contribution in [0.2, 0.25) is 0 Å². The number of aromatic nitrogens is 2. The van der Waals surface area contributed by atoms with E-state index in [0.717, 1.165) is 17.8 Å². The molecule has 1 saturated carbocycles. The van der Waals surface area contributed by atoms with Crippen molar-refractivity contribution in [3.8, 4) is 0 Å². The largest absolute Gasteiger partial charge is 0.337 e. The van der Waals surface area contributed by atoms with Crippen LogP contribution in [-0.2, 0) is 5.41 Å². The van der Waals surface area contributed by atoms with E-state index in [0.29, 0.717) is 11.0 Å². The third-order valence-corrected chi connectivity index (χ3v) is 4.00. The van der Waals surface area contributed by atoms with Crippen molar-refractivity contribution in [3.63, 3.8) is 0 Å². The van der Waals surface area contributed by atoms with Crippen molar-refractivity contribution in [3.05, 3.63) is 10.0 Å². The lowest BCUT2D eigenvalue weighted by molar-refractivity contribution is 0.0784. The van der Waals surface area contributed by atoms with E-state index >= 15 is 0 Å². The molecule has 0 N–H and O–H groups in total. The lowest BCUT2D eigenvalue weighted by Crippen LogP contribution is -2.28. The molecular formula is C11H17N3OS.